The van der Waals surface area contributed by atoms with Crippen LogP contribution in [-0.4, -0.2) is 66.2 Å². The topological polar surface area (TPSA) is 66.9 Å². The SMILES string of the molecule is CN1CCO[C@@H]2CN(C(=O)NCc3ccc(Oc4cccc(F)c4)nc3)C[C@@H]21. The fourth-order valence-corrected chi connectivity index (χ4v) is 3.54. The molecule has 2 saturated heterocycles. The van der Waals surface area contributed by atoms with Crippen LogP contribution in [0, 0.1) is 5.82 Å². The molecule has 0 unspecified atom stereocenters. The first-order valence-corrected chi connectivity index (χ1v) is 9.31. The Hall–Kier alpha value is -2.71. The zero-order valence-electron chi connectivity index (χ0n) is 15.7. The minimum atomic E-state index is -0.366. The molecule has 7 nitrogen and oxygen atoms in total. The van der Waals surface area contributed by atoms with E-state index in [2.05, 4.69) is 22.2 Å². The number of likely N-dealkylation sites (tertiary alicyclic amines) is 1. The first-order chi connectivity index (χ1) is 13.6. The summed E-state index contributed by atoms with van der Waals surface area (Å²) in [6, 6.07) is 9.56. The molecular weight excluding hydrogens is 363 g/mol. The maximum absolute atomic E-state index is 13.2. The Balaban J connectivity index is 1.28. The summed E-state index contributed by atoms with van der Waals surface area (Å²) in [5, 5.41) is 2.92. The molecule has 1 N–H and O–H groups in total. The summed E-state index contributed by atoms with van der Waals surface area (Å²) in [7, 11) is 2.07. The molecule has 2 fully saturated rings. The van der Waals surface area contributed by atoms with Crippen LogP contribution in [-0.2, 0) is 11.3 Å². The minimum Gasteiger partial charge on any atom is -0.439 e. The van der Waals surface area contributed by atoms with Crippen LogP contribution in [0.5, 0.6) is 11.6 Å². The number of fused-ring (bicyclic) bond motifs is 1. The summed E-state index contributed by atoms with van der Waals surface area (Å²) in [5.41, 5.74) is 0.852. The highest BCUT2D eigenvalue weighted by Gasteiger charge is 2.40. The van der Waals surface area contributed by atoms with E-state index in [1.165, 1.54) is 12.1 Å². The Kier molecular flexibility index (Phi) is 5.40. The average Bonchev–Trinajstić information content (AvgIpc) is 3.13. The summed E-state index contributed by atoms with van der Waals surface area (Å²) in [6.45, 7) is 3.26. The van der Waals surface area contributed by atoms with Crippen molar-refractivity contribution in [2.75, 3.05) is 33.3 Å². The second kappa shape index (κ2) is 8.12. The quantitative estimate of drug-likeness (QED) is 0.873. The number of nitrogens with zero attached hydrogens (tertiary/aromatic N) is 3. The molecule has 3 heterocycles. The fraction of sp³-hybridized carbons (Fsp3) is 0.400. The van der Waals surface area contributed by atoms with Crippen molar-refractivity contribution in [3.63, 3.8) is 0 Å². The molecule has 2 atom stereocenters. The van der Waals surface area contributed by atoms with Gasteiger partial charge in [0.1, 0.15) is 11.6 Å². The Morgan fingerprint density at radius 2 is 2.25 bits per heavy atom. The predicted molar refractivity (Wildman–Crippen MR) is 101 cm³/mol. The van der Waals surface area contributed by atoms with E-state index in [4.69, 9.17) is 9.47 Å². The lowest BCUT2D eigenvalue weighted by atomic mass is 10.1. The fourth-order valence-electron chi connectivity index (χ4n) is 3.54. The van der Waals surface area contributed by atoms with Crippen LogP contribution in [0.25, 0.3) is 0 Å². The largest absolute Gasteiger partial charge is 0.439 e. The molecule has 4 rings (SSSR count). The monoisotopic (exact) mass is 386 g/mol. The smallest absolute Gasteiger partial charge is 0.317 e. The van der Waals surface area contributed by atoms with Gasteiger partial charge in [-0.2, -0.15) is 0 Å². The van der Waals surface area contributed by atoms with Crippen LogP contribution < -0.4 is 10.1 Å². The van der Waals surface area contributed by atoms with Crippen molar-refractivity contribution in [2.45, 2.75) is 18.7 Å². The third kappa shape index (κ3) is 4.23. The average molecular weight is 386 g/mol. The van der Waals surface area contributed by atoms with Gasteiger partial charge in [-0.1, -0.05) is 12.1 Å². The van der Waals surface area contributed by atoms with Gasteiger partial charge in [0, 0.05) is 38.0 Å². The van der Waals surface area contributed by atoms with Gasteiger partial charge in [-0.25, -0.2) is 14.2 Å². The molecule has 2 aromatic rings. The normalized spacial score (nSPS) is 22.0. The Bertz CT molecular complexity index is 832. The number of benzene rings is 1. The summed E-state index contributed by atoms with van der Waals surface area (Å²) < 4.78 is 24.5. The number of nitrogens with one attached hydrogen (secondary N) is 1. The lowest BCUT2D eigenvalue weighted by molar-refractivity contribution is -0.0367. The molecule has 2 amide bonds. The molecule has 0 aliphatic carbocycles. The molecule has 148 valence electrons. The van der Waals surface area contributed by atoms with Crippen molar-refractivity contribution in [3.05, 3.63) is 54.0 Å². The van der Waals surface area contributed by atoms with Crippen LogP contribution in [0.1, 0.15) is 5.56 Å². The van der Waals surface area contributed by atoms with Gasteiger partial charge in [0.05, 0.1) is 25.3 Å². The number of carbonyl (C=O) groups is 1. The Labute approximate surface area is 163 Å². The number of ether oxygens (including phenoxy) is 2. The van der Waals surface area contributed by atoms with Gasteiger partial charge < -0.3 is 19.7 Å². The zero-order chi connectivity index (χ0) is 19.5. The van der Waals surface area contributed by atoms with Crippen molar-refractivity contribution in [1.29, 1.82) is 0 Å². The molecule has 1 aromatic carbocycles. The highest BCUT2D eigenvalue weighted by molar-refractivity contribution is 5.74. The third-order valence-corrected chi connectivity index (χ3v) is 5.13. The molecule has 2 aliphatic heterocycles. The summed E-state index contributed by atoms with van der Waals surface area (Å²) >= 11 is 0. The van der Waals surface area contributed by atoms with Gasteiger partial charge in [0.15, 0.2) is 0 Å². The van der Waals surface area contributed by atoms with E-state index < -0.39 is 0 Å². The van der Waals surface area contributed by atoms with E-state index in [1.54, 1.807) is 29.3 Å². The Morgan fingerprint density at radius 3 is 3.00 bits per heavy atom. The van der Waals surface area contributed by atoms with Crippen molar-refractivity contribution < 1.29 is 18.7 Å². The van der Waals surface area contributed by atoms with Crippen molar-refractivity contribution in [3.8, 4) is 11.6 Å². The van der Waals surface area contributed by atoms with Crippen LogP contribution in [0.3, 0.4) is 0 Å². The van der Waals surface area contributed by atoms with Crippen molar-refractivity contribution >= 4 is 6.03 Å². The molecule has 0 radical (unpaired) electrons. The predicted octanol–water partition coefficient (Wildman–Crippen LogP) is 2.24. The number of morpholine rings is 1. The van der Waals surface area contributed by atoms with Gasteiger partial charge in [0.2, 0.25) is 5.88 Å². The second-order valence-corrected chi connectivity index (χ2v) is 7.09. The molecule has 2 aliphatic rings. The van der Waals surface area contributed by atoms with E-state index in [-0.39, 0.29) is 24.0 Å². The van der Waals surface area contributed by atoms with E-state index in [9.17, 15) is 9.18 Å². The zero-order valence-corrected chi connectivity index (χ0v) is 15.7. The van der Waals surface area contributed by atoms with Gasteiger partial charge in [0.25, 0.3) is 0 Å². The van der Waals surface area contributed by atoms with Crippen LogP contribution in [0.4, 0.5) is 9.18 Å². The van der Waals surface area contributed by atoms with Gasteiger partial charge >= 0.3 is 6.03 Å². The molecule has 0 bridgehead atoms. The maximum Gasteiger partial charge on any atom is 0.317 e. The maximum atomic E-state index is 13.2. The number of carbonyl (C=O) groups excluding carboxylic acids is 1. The number of halogens is 1. The summed E-state index contributed by atoms with van der Waals surface area (Å²) in [4.78, 5) is 20.7. The molecule has 0 spiro atoms. The third-order valence-electron chi connectivity index (χ3n) is 5.13. The first-order valence-electron chi connectivity index (χ1n) is 9.31. The summed E-state index contributed by atoms with van der Waals surface area (Å²) in [6.07, 6.45) is 1.72. The standard InChI is InChI=1S/C20H23FN4O3/c1-24-7-8-27-18-13-25(12-17(18)24)20(26)23-11-14-5-6-19(22-10-14)28-16-4-2-3-15(21)9-16/h2-6,9-10,17-18H,7-8,11-13H2,1H3,(H,23,26)/t17-,18+/m0/s1. The highest BCUT2D eigenvalue weighted by atomic mass is 19.1. The molecule has 0 saturated carbocycles. The van der Waals surface area contributed by atoms with Gasteiger partial charge in [-0.05, 0) is 24.7 Å². The number of pyridine rings is 1. The number of urea groups is 1. The van der Waals surface area contributed by atoms with Crippen LogP contribution in [0.2, 0.25) is 0 Å². The van der Waals surface area contributed by atoms with Gasteiger partial charge in [-0.15, -0.1) is 0 Å². The lowest BCUT2D eigenvalue weighted by Crippen LogP contribution is -2.48. The van der Waals surface area contributed by atoms with E-state index >= 15 is 0 Å². The number of rotatable bonds is 4. The first kappa shape index (κ1) is 18.6. The minimum absolute atomic E-state index is 0.0884. The second-order valence-electron chi connectivity index (χ2n) is 7.09. The van der Waals surface area contributed by atoms with Crippen LogP contribution >= 0.6 is 0 Å². The number of amides is 2. The van der Waals surface area contributed by atoms with E-state index in [1.807, 2.05) is 6.07 Å². The van der Waals surface area contributed by atoms with Crippen molar-refractivity contribution in [2.24, 2.45) is 0 Å². The summed E-state index contributed by atoms with van der Waals surface area (Å²) in [5.74, 6) is 0.385. The Morgan fingerprint density at radius 1 is 1.36 bits per heavy atom. The molecular formula is C20H23FN4O3. The molecule has 28 heavy (non-hydrogen) atoms. The molecule has 8 heteroatoms. The number of aromatic nitrogens is 1. The van der Waals surface area contributed by atoms with E-state index in [0.29, 0.717) is 37.9 Å². The number of likely N-dealkylation sites (N-methyl/N-ethyl adjacent to an activating group) is 1. The number of hydrogen-bond donors (Lipinski definition) is 1. The molecule has 1 aromatic heterocycles. The highest BCUT2D eigenvalue weighted by Crippen LogP contribution is 2.22. The number of hydrogen-bond acceptors (Lipinski definition) is 5. The van der Waals surface area contributed by atoms with Crippen molar-refractivity contribution in [1.82, 2.24) is 20.1 Å². The van der Waals surface area contributed by atoms with Crippen LogP contribution in [0.15, 0.2) is 42.6 Å². The van der Waals surface area contributed by atoms with E-state index in [0.717, 1.165) is 12.1 Å². The lowest BCUT2D eigenvalue weighted by Gasteiger charge is -2.33. The van der Waals surface area contributed by atoms with Gasteiger partial charge in [-0.3, -0.25) is 4.90 Å².